The van der Waals surface area contributed by atoms with E-state index in [0.717, 1.165) is 28.1 Å². The van der Waals surface area contributed by atoms with Crippen molar-refractivity contribution in [2.75, 3.05) is 6.61 Å². The normalized spacial score (nSPS) is 10.6. The van der Waals surface area contributed by atoms with Crippen LogP contribution >= 0.6 is 11.6 Å². The van der Waals surface area contributed by atoms with Gasteiger partial charge in [-0.05, 0) is 42.3 Å². The molecular weight excluding hydrogens is 394 g/mol. The molecule has 4 aromatic rings. The minimum Gasteiger partial charge on any atom is -0.458 e. The second-order valence-electron chi connectivity index (χ2n) is 6.78. The smallest absolute Gasteiger partial charge is 0.404 e. The van der Waals surface area contributed by atoms with Crippen molar-refractivity contribution in [3.8, 4) is 28.1 Å². The molecule has 0 bridgehead atoms. The summed E-state index contributed by atoms with van der Waals surface area (Å²) in [5.41, 5.74) is 5.16. The number of carbonyl (C=O) groups is 1. The summed E-state index contributed by atoms with van der Waals surface area (Å²) in [6.07, 6.45) is 0. The molecule has 3 aromatic carbocycles. The molecule has 0 unspecified atom stereocenters. The third-order valence-electron chi connectivity index (χ3n) is 4.81. The Morgan fingerprint density at radius 3 is 2.00 bits per heavy atom. The molecule has 0 amide bonds. The summed E-state index contributed by atoms with van der Waals surface area (Å²) in [4.78, 5) is 13.0. The summed E-state index contributed by atoms with van der Waals surface area (Å²) in [6, 6.07) is 31.5. The molecule has 30 heavy (non-hydrogen) atoms. The minimum absolute atomic E-state index is 0.301. The Morgan fingerprint density at radius 2 is 1.40 bits per heavy atom. The van der Waals surface area contributed by atoms with Gasteiger partial charge in [0.15, 0.2) is 0 Å². The first-order valence-corrected chi connectivity index (χ1v) is 10.2. The highest BCUT2D eigenvalue weighted by Crippen LogP contribution is 2.27. The third-order valence-corrected chi connectivity index (χ3v) is 5.06. The molecular formula is C26H21ClNO2+. The highest BCUT2D eigenvalue weighted by Gasteiger charge is 2.29. The van der Waals surface area contributed by atoms with Gasteiger partial charge in [0.1, 0.15) is 0 Å². The predicted octanol–water partition coefficient (Wildman–Crippen LogP) is 6.13. The summed E-state index contributed by atoms with van der Waals surface area (Å²) in [5.74, 6) is -0.373. The summed E-state index contributed by atoms with van der Waals surface area (Å²) in [7, 11) is 0. The van der Waals surface area contributed by atoms with Gasteiger partial charge in [0.05, 0.1) is 6.61 Å². The number of aromatic nitrogens is 1. The van der Waals surface area contributed by atoms with Crippen LogP contribution in [0.2, 0.25) is 5.02 Å². The Morgan fingerprint density at radius 1 is 0.800 bits per heavy atom. The molecule has 1 heterocycles. The van der Waals surface area contributed by atoms with E-state index in [2.05, 4.69) is 6.07 Å². The third kappa shape index (κ3) is 4.12. The van der Waals surface area contributed by atoms with Crippen LogP contribution in [0.4, 0.5) is 0 Å². The summed E-state index contributed by atoms with van der Waals surface area (Å²) >= 11 is 6.11. The van der Waals surface area contributed by atoms with Gasteiger partial charge >= 0.3 is 5.97 Å². The number of esters is 1. The zero-order valence-corrected chi connectivity index (χ0v) is 17.3. The molecule has 3 nitrogen and oxygen atoms in total. The average molecular weight is 415 g/mol. The zero-order chi connectivity index (χ0) is 20.9. The summed E-state index contributed by atoms with van der Waals surface area (Å²) < 4.78 is 7.34. The molecule has 0 spiro atoms. The van der Waals surface area contributed by atoms with Crippen LogP contribution in [0.25, 0.3) is 28.1 Å². The second-order valence-corrected chi connectivity index (χ2v) is 7.22. The van der Waals surface area contributed by atoms with E-state index in [-0.39, 0.29) is 5.97 Å². The monoisotopic (exact) mass is 414 g/mol. The van der Waals surface area contributed by atoms with E-state index in [1.165, 1.54) is 0 Å². The fraction of sp³-hybridized carbons (Fsp3) is 0.0769. The molecule has 0 fully saturated rings. The van der Waals surface area contributed by atoms with Crippen molar-refractivity contribution < 1.29 is 14.1 Å². The number of hydrogen-bond acceptors (Lipinski definition) is 2. The summed E-state index contributed by atoms with van der Waals surface area (Å²) in [5, 5.41) is 0.638. The van der Waals surface area contributed by atoms with Crippen LogP contribution in [0.1, 0.15) is 17.4 Å². The fourth-order valence-electron chi connectivity index (χ4n) is 3.44. The van der Waals surface area contributed by atoms with Crippen LogP contribution in [0.5, 0.6) is 0 Å². The number of pyridine rings is 1. The van der Waals surface area contributed by atoms with Gasteiger partial charge in [-0.15, -0.1) is 4.57 Å². The first kappa shape index (κ1) is 19.9. The van der Waals surface area contributed by atoms with Gasteiger partial charge in [-0.1, -0.05) is 60.1 Å². The van der Waals surface area contributed by atoms with E-state index in [0.29, 0.717) is 17.3 Å². The maximum Gasteiger partial charge on any atom is 0.404 e. The number of ether oxygens (including phenoxy) is 1. The molecule has 0 aliphatic rings. The Kier molecular flexibility index (Phi) is 5.92. The number of halogens is 1. The van der Waals surface area contributed by atoms with Gasteiger partial charge in [-0.2, -0.15) is 0 Å². The number of hydrogen-bond donors (Lipinski definition) is 0. The van der Waals surface area contributed by atoms with Crippen molar-refractivity contribution >= 4 is 17.6 Å². The highest BCUT2D eigenvalue weighted by molar-refractivity contribution is 6.30. The topological polar surface area (TPSA) is 30.2 Å². The zero-order valence-electron chi connectivity index (χ0n) is 16.6. The molecule has 0 radical (unpaired) electrons. The van der Waals surface area contributed by atoms with Crippen LogP contribution in [0, 0.1) is 0 Å². The lowest BCUT2D eigenvalue weighted by Crippen LogP contribution is -2.41. The van der Waals surface area contributed by atoms with Crippen LogP contribution in [-0.4, -0.2) is 12.6 Å². The molecule has 0 saturated carbocycles. The van der Waals surface area contributed by atoms with Gasteiger partial charge in [-0.25, -0.2) is 4.79 Å². The number of carbonyl (C=O) groups excluding carboxylic acids is 1. The van der Waals surface area contributed by atoms with E-state index in [1.54, 1.807) is 0 Å². The molecule has 1 aromatic heterocycles. The number of rotatable bonds is 5. The van der Waals surface area contributed by atoms with E-state index in [9.17, 15) is 4.79 Å². The second kappa shape index (κ2) is 8.93. The van der Waals surface area contributed by atoms with Crippen LogP contribution in [0.15, 0.2) is 97.1 Å². The predicted molar refractivity (Wildman–Crippen MR) is 120 cm³/mol. The van der Waals surface area contributed by atoms with E-state index in [4.69, 9.17) is 16.3 Å². The lowest BCUT2D eigenvalue weighted by molar-refractivity contribution is -0.587. The molecule has 0 atom stereocenters. The van der Waals surface area contributed by atoms with Crippen molar-refractivity contribution in [2.45, 2.75) is 6.92 Å². The van der Waals surface area contributed by atoms with Crippen LogP contribution in [0.3, 0.4) is 0 Å². The lowest BCUT2D eigenvalue weighted by atomic mass is 10.0. The molecule has 148 valence electrons. The molecule has 0 aliphatic carbocycles. The fourth-order valence-corrected chi connectivity index (χ4v) is 3.56. The van der Waals surface area contributed by atoms with Crippen molar-refractivity contribution in [3.05, 3.63) is 108 Å². The van der Waals surface area contributed by atoms with Crippen molar-refractivity contribution in [1.29, 1.82) is 0 Å². The molecule has 0 aliphatic heterocycles. The molecule has 4 rings (SSSR count). The van der Waals surface area contributed by atoms with E-state index >= 15 is 0 Å². The van der Waals surface area contributed by atoms with Gasteiger partial charge < -0.3 is 4.74 Å². The van der Waals surface area contributed by atoms with Gasteiger partial charge in [0.2, 0.25) is 11.4 Å². The van der Waals surface area contributed by atoms with E-state index < -0.39 is 0 Å². The van der Waals surface area contributed by atoms with E-state index in [1.807, 2.05) is 102 Å². The van der Waals surface area contributed by atoms with Gasteiger partial charge in [0, 0.05) is 34.9 Å². The number of nitrogens with zero attached hydrogens (tertiary/aromatic N) is 1. The SMILES string of the molecule is CCOC(=O)c1cc(-c2ccccc2)cc(-c2ccccc2)[n+]1-c1ccc(Cl)cc1. The lowest BCUT2D eigenvalue weighted by Gasteiger charge is -2.11. The Bertz CT molecular complexity index is 1160. The van der Waals surface area contributed by atoms with Crippen molar-refractivity contribution in [3.63, 3.8) is 0 Å². The summed E-state index contributed by atoms with van der Waals surface area (Å²) in [6.45, 7) is 2.11. The Balaban J connectivity index is 2.04. The van der Waals surface area contributed by atoms with Gasteiger partial charge in [0.25, 0.3) is 5.69 Å². The number of benzene rings is 3. The average Bonchev–Trinajstić information content (AvgIpc) is 2.80. The quantitative estimate of drug-likeness (QED) is 0.290. The standard InChI is InChI=1S/C26H21ClNO2/c1-2-30-26(29)25-18-21(19-9-5-3-6-10-19)17-24(20-11-7-4-8-12-20)28(25)23-15-13-22(27)14-16-23/h3-18H,2H2,1H3/q+1. The molecule has 4 heteroatoms. The van der Waals surface area contributed by atoms with Crippen LogP contribution in [-0.2, 0) is 4.74 Å². The molecule has 0 saturated heterocycles. The van der Waals surface area contributed by atoms with Crippen molar-refractivity contribution in [1.82, 2.24) is 0 Å². The maximum atomic E-state index is 13.0. The maximum absolute atomic E-state index is 13.0. The highest BCUT2D eigenvalue weighted by atomic mass is 35.5. The first-order valence-electron chi connectivity index (χ1n) is 9.81. The largest absolute Gasteiger partial charge is 0.458 e. The van der Waals surface area contributed by atoms with Crippen molar-refractivity contribution in [2.24, 2.45) is 0 Å². The Labute approximate surface area is 181 Å². The first-order chi connectivity index (χ1) is 14.7. The van der Waals surface area contributed by atoms with Crippen LogP contribution < -0.4 is 4.57 Å². The molecule has 0 N–H and O–H groups in total. The minimum atomic E-state index is -0.373. The Hall–Kier alpha value is -3.43. The van der Waals surface area contributed by atoms with Gasteiger partial charge in [-0.3, -0.25) is 0 Å².